The predicted octanol–water partition coefficient (Wildman–Crippen LogP) is 3.79. The van der Waals surface area contributed by atoms with Gasteiger partial charge in [-0.2, -0.15) is 0 Å². The molecule has 0 radical (unpaired) electrons. The van der Waals surface area contributed by atoms with Crippen molar-refractivity contribution in [1.29, 1.82) is 0 Å². The first-order valence-corrected chi connectivity index (χ1v) is 8.33. The molecule has 0 saturated carbocycles. The monoisotopic (exact) mass is 324 g/mol. The molecule has 24 heavy (non-hydrogen) atoms. The molecule has 2 N–H and O–H groups in total. The highest BCUT2D eigenvalue weighted by atomic mass is 16.2. The second-order valence-electron chi connectivity index (χ2n) is 5.90. The summed E-state index contributed by atoms with van der Waals surface area (Å²) in [6.07, 6.45) is 1.98. The van der Waals surface area contributed by atoms with Crippen LogP contribution in [0.5, 0.6) is 0 Å². The van der Waals surface area contributed by atoms with E-state index in [2.05, 4.69) is 10.6 Å². The summed E-state index contributed by atoms with van der Waals surface area (Å²) in [5, 5.41) is 5.78. The van der Waals surface area contributed by atoms with Crippen LogP contribution in [0.15, 0.2) is 54.6 Å². The lowest BCUT2D eigenvalue weighted by Crippen LogP contribution is -2.31. The molecule has 4 nitrogen and oxygen atoms in total. The smallest absolute Gasteiger partial charge is 0.251 e. The van der Waals surface area contributed by atoms with Crippen molar-refractivity contribution < 1.29 is 9.59 Å². The van der Waals surface area contributed by atoms with Crippen LogP contribution < -0.4 is 10.6 Å². The number of rotatable bonds is 7. The average molecular weight is 324 g/mol. The maximum absolute atomic E-state index is 12.1. The van der Waals surface area contributed by atoms with Gasteiger partial charge in [0, 0.05) is 23.7 Å². The molecule has 0 fully saturated rings. The Hall–Kier alpha value is -2.62. The molecule has 0 saturated heterocycles. The molecule has 0 aromatic heterocycles. The zero-order valence-corrected chi connectivity index (χ0v) is 14.2. The minimum Gasteiger partial charge on any atom is -0.350 e. The van der Waals surface area contributed by atoms with Crippen LogP contribution >= 0.6 is 0 Å². The molecule has 1 atom stereocenters. The van der Waals surface area contributed by atoms with Crippen LogP contribution in [0, 0.1) is 0 Å². The largest absolute Gasteiger partial charge is 0.350 e. The first kappa shape index (κ1) is 17.7. The third kappa shape index (κ3) is 5.54. The number of benzene rings is 2. The van der Waals surface area contributed by atoms with E-state index in [-0.39, 0.29) is 17.9 Å². The number of hydrogen-bond acceptors (Lipinski definition) is 2. The maximum atomic E-state index is 12.1. The molecular formula is C20H24N2O2. The second kappa shape index (κ2) is 8.87. The highest BCUT2D eigenvalue weighted by Gasteiger charge is 2.10. The van der Waals surface area contributed by atoms with Gasteiger partial charge in [-0.05, 0) is 43.5 Å². The molecule has 2 rings (SSSR count). The summed E-state index contributed by atoms with van der Waals surface area (Å²) in [4.78, 5) is 24.2. The van der Waals surface area contributed by atoms with Gasteiger partial charge in [-0.1, -0.05) is 43.3 Å². The highest BCUT2D eigenvalue weighted by molar-refractivity contribution is 5.97. The summed E-state index contributed by atoms with van der Waals surface area (Å²) in [5.41, 5.74) is 2.33. The van der Waals surface area contributed by atoms with E-state index in [1.807, 2.05) is 44.2 Å². The number of nitrogens with one attached hydrogen (secondary N) is 2. The summed E-state index contributed by atoms with van der Waals surface area (Å²) in [6, 6.07) is 17.1. The molecule has 0 aliphatic heterocycles. The fraction of sp³-hybridized carbons (Fsp3) is 0.300. The molecule has 0 aliphatic carbocycles. The van der Waals surface area contributed by atoms with E-state index < -0.39 is 0 Å². The Labute approximate surface area is 143 Å². The highest BCUT2D eigenvalue weighted by Crippen LogP contribution is 2.12. The Balaban J connectivity index is 1.91. The Morgan fingerprint density at radius 1 is 1.04 bits per heavy atom. The summed E-state index contributed by atoms with van der Waals surface area (Å²) in [7, 11) is 0. The molecular weight excluding hydrogens is 300 g/mol. The van der Waals surface area contributed by atoms with Crippen molar-refractivity contribution in [3.8, 4) is 0 Å². The minimum absolute atomic E-state index is 0.0571. The molecule has 0 aliphatic rings. The van der Waals surface area contributed by atoms with Crippen molar-refractivity contribution in [1.82, 2.24) is 5.32 Å². The maximum Gasteiger partial charge on any atom is 0.251 e. The lowest BCUT2D eigenvalue weighted by atomic mass is 10.1. The predicted molar refractivity (Wildman–Crippen MR) is 97.1 cm³/mol. The molecule has 2 amide bonds. The topological polar surface area (TPSA) is 58.2 Å². The van der Waals surface area contributed by atoms with Crippen LogP contribution in [-0.4, -0.2) is 17.9 Å². The molecule has 4 heteroatoms. The zero-order valence-electron chi connectivity index (χ0n) is 14.2. The minimum atomic E-state index is -0.121. The van der Waals surface area contributed by atoms with Gasteiger partial charge in [0.15, 0.2) is 0 Å². The normalized spacial score (nSPS) is 11.6. The Morgan fingerprint density at radius 2 is 1.79 bits per heavy atom. The third-order valence-electron chi connectivity index (χ3n) is 3.88. The van der Waals surface area contributed by atoms with Gasteiger partial charge in [0.25, 0.3) is 5.91 Å². The Bertz CT molecular complexity index is 683. The first-order chi connectivity index (χ1) is 11.6. The van der Waals surface area contributed by atoms with E-state index in [0.29, 0.717) is 24.1 Å². The van der Waals surface area contributed by atoms with Crippen LogP contribution in [0.25, 0.3) is 0 Å². The second-order valence-corrected chi connectivity index (χ2v) is 5.90. The number of carbonyl (C=O) groups excluding carboxylic acids is 2. The van der Waals surface area contributed by atoms with E-state index >= 15 is 0 Å². The van der Waals surface area contributed by atoms with Crippen LogP contribution in [0.2, 0.25) is 0 Å². The van der Waals surface area contributed by atoms with E-state index in [9.17, 15) is 9.59 Å². The van der Waals surface area contributed by atoms with E-state index in [1.165, 1.54) is 0 Å². The van der Waals surface area contributed by atoms with Crippen molar-refractivity contribution in [3.63, 3.8) is 0 Å². The van der Waals surface area contributed by atoms with Crippen molar-refractivity contribution in [2.75, 3.05) is 5.32 Å². The van der Waals surface area contributed by atoms with E-state index in [0.717, 1.165) is 12.0 Å². The lowest BCUT2D eigenvalue weighted by Gasteiger charge is -2.12. The molecule has 0 spiro atoms. The number of hydrogen-bond donors (Lipinski definition) is 2. The van der Waals surface area contributed by atoms with Crippen LogP contribution in [0.1, 0.15) is 42.6 Å². The van der Waals surface area contributed by atoms with Crippen LogP contribution in [-0.2, 0) is 11.2 Å². The summed E-state index contributed by atoms with van der Waals surface area (Å²) >= 11 is 0. The summed E-state index contributed by atoms with van der Waals surface area (Å²) in [6.45, 7) is 3.99. The molecule has 2 aromatic carbocycles. The number of amides is 2. The van der Waals surface area contributed by atoms with Gasteiger partial charge in [0.1, 0.15) is 0 Å². The average Bonchev–Trinajstić information content (AvgIpc) is 2.61. The van der Waals surface area contributed by atoms with Crippen LogP contribution in [0.4, 0.5) is 5.69 Å². The van der Waals surface area contributed by atoms with Crippen molar-refractivity contribution in [2.45, 2.75) is 39.2 Å². The number of anilines is 1. The van der Waals surface area contributed by atoms with Gasteiger partial charge < -0.3 is 10.6 Å². The molecule has 2 aromatic rings. The zero-order chi connectivity index (χ0) is 17.4. The van der Waals surface area contributed by atoms with Gasteiger partial charge in [-0.3, -0.25) is 9.59 Å². The number of aryl methyl sites for hydroxylation is 1. The summed E-state index contributed by atoms with van der Waals surface area (Å²) in [5.74, 6) is -0.178. The van der Waals surface area contributed by atoms with Gasteiger partial charge in [0.2, 0.25) is 5.91 Å². The fourth-order valence-corrected chi connectivity index (χ4v) is 2.27. The first-order valence-electron chi connectivity index (χ1n) is 8.33. The van der Waals surface area contributed by atoms with Gasteiger partial charge in [-0.25, -0.2) is 0 Å². The Morgan fingerprint density at radius 3 is 2.50 bits per heavy atom. The quantitative estimate of drug-likeness (QED) is 0.814. The van der Waals surface area contributed by atoms with Gasteiger partial charge >= 0.3 is 0 Å². The third-order valence-corrected chi connectivity index (χ3v) is 3.88. The molecule has 0 unspecified atom stereocenters. The molecule has 0 heterocycles. The van der Waals surface area contributed by atoms with Crippen molar-refractivity contribution >= 4 is 17.5 Å². The number of carbonyl (C=O) groups is 2. The van der Waals surface area contributed by atoms with Crippen LogP contribution in [0.3, 0.4) is 0 Å². The van der Waals surface area contributed by atoms with Crippen molar-refractivity contribution in [3.05, 3.63) is 65.7 Å². The van der Waals surface area contributed by atoms with Gasteiger partial charge in [-0.15, -0.1) is 0 Å². The van der Waals surface area contributed by atoms with E-state index in [1.54, 1.807) is 24.3 Å². The standard InChI is InChI=1S/C20H24N2O2/c1-3-15(2)21-20(24)17-10-7-11-18(14-17)22-19(23)13-12-16-8-5-4-6-9-16/h4-11,14-15H,3,12-13H2,1-2H3,(H,21,24)(H,22,23)/t15-/m1/s1. The SMILES string of the molecule is CC[C@@H](C)NC(=O)c1cccc(NC(=O)CCc2ccccc2)c1. The lowest BCUT2D eigenvalue weighted by molar-refractivity contribution is -0.116. The van der Waals surface area contributed by atoms with Crippen molar-refractivity contribution in [2.24, 2.45) is 0 Å². The van der Waals surface area contributed by atoms with E-state index in [4.69, 9.17) is 0 Å². The molecule has 0 bridgehead atoms. The fourth-order valence-electron chi connectivity index (χ4n) is 2.27. The Kier molecular flexibility index (Phi) is 6.55. The van der Waals surface area contributed by atoms with Gasteiger partial charge in [0.05, 0.1) is 0 Å². The summed E-state index contributed by atoms with van der Waals surface area (Å²) < 4.78 is 0. The molecule has 126 valence electrons.